The average molecular weight is 411 g/mol. The third-order valence-electron chi connectivity index (χ3n) is 7.65. The van der Waals surface area contributed by atoms with E-state index < -0.39 is 0 Å². The predicted molar refractivity (Wildman–Crippen MR) is 129 cm³/mol. The van der Waals surface area contributed by atoms with Crippen LogP contribution in [0.25, 0.3) is 0 Å². The summed E-state index contributed by atoms with van der Waals surface area (Å²) in [6.45, 7) is 6.40. The van der Waals surface area contributed by atoms with E-state index in [1.54, 1.807) is 0 Å². The topological polar surface area (TPSA) is 40.5 Å². The summed E-state index contributed by atoms with van der Waals surface area (Å²) in [6, 6.07) is 8.61. The molecule has 2 aromatic rings. The molecule has 2 aromatic carbocycles. The van der Waals surface area contributed by atoms with Crippen LogP contribution in [0.2, 0.25) is 0 Å². The first-order chi connectivity index (χ1) is 14.5. The van der Waals surface area contributed by atoms with Gasteiger partial charge in [0.05, 0.1) is 0 Å². The van der Waals surface area contributed by atoms with E-state index in [1.165, 1.54) is 75.3 Å². The Bertz CT molecular complexity index is 823. The fourth-order valence-corrected chi connectivity index (χ4v) is 5.95. The number of aryl methyl sites for hydroxylation is 2. The lowest BCUT2D eigenvalue weighted by atomic mass is 9.78. The van der Waals surface area contributed by atoms with Gasteiger partial charge in [-0.2, -0.15) is 0 Å². The highest BCUT2D eigenvalue weighted by molar-refractivity contribution is 5.54. The van der Waals surface area contributed by atoms with E-state index >= 15 is 0 Å². The van der Waals surface area contributed by atoms with Crippen LogP contribution in [0.3, 0.4) is 0 Å². The Balaban J connectivity index is 0.00000181. The van der Waals surface area contributed by atoms with Crippen LogP contribution in [0.1, 0.15) is 125 Å². The summed E-state index contributed by atoms with van der Waals surface area (Å²) in [4.78, 5) is 0. The highest BCUT2D eigenvalue weighted by atomic mass is 16.3. The van der Waals surface area contributed by atoms with Gasteiger partial charge in [0, 0.05) is 19.9 Å². The lowest BCUT2D eigenvalue weighted by Gasteiger charge is -2.27. The predicted octanol–water partition coefficient (Wildman–Crippen LogP) is 8.45. The molecule has 0 atom stereocenters. The summed E-state index contributed by atoms with van der Waals surface area (Å²) in [6.07, 6.45) is 12.3. The molecular weight excluding hydrogens is 368 g/mol. The fraction of sp³-hybridized carbons (Fsp3) is 0.571. The first-order valence-corrected chi connectivity index (χ1v) is 12.1. The Labute approximate surface area is 185 Å². The zero-order chi connectivity index (χ0) is 21.3. The zero-order valence-corrected chi connectivity index (χ0v) is 19.0. The van der Waals surface area contributed by atoms with E-state index in [-0.39, 0.29) is 8.77 Å². The molecule has 0 spiro atoms. The Morgan fingerprint density at radius 2 is 1.03 bits per heavy atom. The molecule has 2 fully saturated rings. The van der Waals surface area contributed by atoms with Crippen LogP contribution in [0.15, 0.2) is 24.3 Å². The molecule has 2 saturated carbocycles. The maximum Gasteiger partial charge on any atom is 0.122 e. The molecule has 0 aromatic heterocycles. The number of aromatic hydroxyl groups is 2. The maximum atomic E-state index is 11.3. The number of hydrogen-bond donors (Lipinski definition) is 2. The zero-order valence-electron chi connectivity index (χ0n) is 19.0. The van der Waals surface area contributed by atoms with E-state index in [0.717, 1.165) is 22.3 Å². The number of phenolic OH excluding ortho intramolecular Hbond substituents is 2. The molecule has 4 rings (SSSR count). The van der Waals surface area contributed by atoms with Crippen LogP contribution in [-0.4, -0.2) is 10.2 Å². The van der Waals surface area contributed by atoms with Gasteiger partial charge in [-0.3, -0.25) is 0 Å². The first-order valence-electron chi connectivity index (χ1n) is 12.1. The third kappa shape index (κ3) is 4.24. The molecule has 2 aliphatic carbocycles. The van der Waals surface area contributed by atoms with E-state index in [2.05, 4.69) is 45.0 Å². The average Bonchev–Trinajstić information content (AvgIpc) is 2.77. The summed E-state index contributed by atoms with van der Waals surface area (Å²) < 4.78 is 0. The molecule has 0 amide bonds. The molecule has 0 aliphatic heterocycles. The number of hydrogen-bond acceptors (Lipinski definition) is 2. The molecule has 166 valence electrons. The Hall–Kier alpha value is -1.96. The molecule has 2 aliphatic rings. The number of rotatable bonds is 4. The van der Waals surface area contributed by atoms with Gasteiger partial charge in [0.25, 0.3) is 0 Å². The Morgan fingerprint density at radius 1 is 0.667 bits per heavy atom. The SMILES string of the molecule is Cc1cc(C2CCCCC2)c(O)c(C(C)c2cc(C)cc(C3CCCCC3)c2O)c1.[HH].[HH]. The van der Waals surface area contributed by atoms with Crippen LogP contribution in [0.4, 0.5) is 0 Å². The van der Waals surface area contributed by atoms with Gasteiger partial charge >= 0.3 is 0 Å². The largest absolute Gasteiger partial charge is 0.507 e. The van der Waals surface area contributed by atoms with Gasteiger partial charge in [-0.15, -0.1) is 0 Å². The van der Waals surface area contributed by atoms with Crippen LogP contribution >= 0.6 is 0 Å². The molecule has 30 heavy (non-hydrogen) atoms. The maximum absolute atomic E-state index is 11.3. The minimum atomic E-state index is -0.0329. The molecule has 0 unspecified atom stereocenters. The number of benzene rings is 2. The molecule has 0 radical (unpaired) electrons. The van der Waals surface area contributed by atoms with Crippen molar-refractivity contribution >= 4 is 0 Å². The minimum Gasteiger partial charge on any atom is -0.507 e. The van der Waals surface area contributed by atoms with Crippen LogP contribution in [0.5, 0.6) is 11.5 Å². The highest BCUT2D eigenvalue weighted by Gasteiger charge is 2.27. The van der Waals surface area contributed by atoms with Gasteiger partial charge < -0.3 is 10.2 Å². The summed E-state index contributed by atoms with van der Waals surface area (Å²) in [5.41, 5.74) is 6.58. The molecule has 2 N–H and O–H groups in total. The first kappa shape index (κ1) is 21.3. The van der Waals surface area contributed by atoms with Crippen molar-refractivity contribution in [3.05, 3.63) is 57.6 Å². The van der Waals surface area contributed by atoms with Crippen molar-refractivity contribution in [2.75, 3.05) is 0 Å². The molecule has 0 saturated heterocycles. The van der Waals surface area contributed by atoms with Crippen molar-refractivity contribution < 1.29 is 13.1 Å². The van der Waals surface area contributed by atoms with Crippen molar-refractivity contribution in [2.45, 2.75) is 103 Å². The summed E-state index contributed by atoms with van der Waals surface area (Å²) in [7, 11) is 0. The normalized spacial score (nSPS) is 18.8. The second-order valence-electron chi connectivity index (χ2n) is 9.98. The van der Waals surface area contributed by atoms with Crippen molar-refractivity contribution in [1.82, 2.24) is 0 Å². The highest BCUT2D eigenvalue weighted by Crippen LogP contribution is 2.46. The summed E-state index contributed by atoms with van der Waals surface area (Å²) in [5, 5.41) is 22.6. The lowest BCUT2D eigenvalue weighted by Crippen LogP contribution is -2.09. The molecule has 2 heteroatoms. The number of phenols is 2. The van der Waals surface area contributed by atoms with E-state index in [1.807, 2.05) is 0 Å². The second kappa shape index (κ2) is 9.04. The molecule has 2 nitrogen and oxygen atoms in total. The van der Waals surface area contributed by atoms with E-state index in [4.69, 9.17) is 0 Å². The third-order valence-corrected chi connectivity index (χ3v) is 7.65. The van der Waals surface area contributed by atoms with Gasteiger partial charge in [-0.05, 0) is 62.5 Å². The van der Waals surface area contributed by atoms with Crippen molar-refractivity contribution in [2.24, 2.45) is 0 Å². The standard InChI is InChI=1S/C28H38O2.2H2/c1-18-14-23(27(29)25(16-18)21-10-6-4-7-11-21)20(3)24-15-19(2)17-26(28(24)30)22-12-8-5-9-13-22;;/h14-17,20-22,29-30H,4-13H2,1-3H3;2*1H. The van der Waals surface area contributed by atoms with Crippen LogP contribution in [0, 0.1) is 13.8 Å². The van der Waals surface area contributed by atoms with Gasteiger partial charge in [0.15, 0.2) is 0 Å². The van der Waals surface area contributed by atoms with Gasteiger partial charge in [0.2, 0.25) is 0 Å². The summed E-state index contributed by atoms with van der Waals surface area (Å²) in [5.74, 6) is 1.82. The van der Waals surface area contributed by atoms with E-state index in [9.17, 15) is 10.2 Å². The van der Waals surface area contributed by atoms with Crippen LogP contribution in [-0.2, 0) is 0 Å². The van der Waals surface area contributed by atoms with E-state index in [0.29, 0.717) is 23.3 Å². The van der Waals surface area contributed by atoms with Crippen LogP contribution < -0.4 is 0 Å². The van der Waals surface area contributed by atoms with Crippen molar-refractivity contribution in [3.63, 3.8) is 0 Å². The van der Waals surface area contributed by atoms with Gasteiger partial charge in [-0.25, -0.2) is 0 Å². The molecule has 0 bridgehead atoms. The molecular formula is C28H42O2. The molecule has 0 heterocycles. The summed E-state index contributed by atoms with van der Waals surface area (Å²) >= 11 is 0. The van der Waals surface area contributed by atoms with Crippen molar-refractivity contribution in [3.8, 4) is 11.5 Å². The fourth-order valence-electron chi connectivity index (χ4n) is 5.95. The lowest BCUT2D eigenvalue weighted by molar-refractivity contribution is 0.405. The minimum absolute atomic E-state index is 0. The quantitative estimate of drug-likeness (QED) is 0.530. The smallest absolute Gasteiger partial charge is 0.122 e. The van der Waals surface area contributed by atoms with Gasteiger partial charge in [-0.1, -0.05) is 80.8 Å². The Morgan fingerprint density at radius 3 is 1.40 bits per heavy atom. The van der Waals surface area contributed by atoms with Gasteiger partial charge in [0.1, 0.15) is 11.5 Å². The second-order valence-corrected chi connectivity index (χ2v) is 9.98. The Kier molecular flexibility index (Phi) is 6.41. The monoisotopic (exact) mass is 410 g/mol. The van der Waals surface area contributed by atoms with Crippen molar-refractivity contribution in [1.29, 1.82) is 0 Å².